The Morgan fingerprint density at radius 2 is 1.63 bits per heavy atom. The molecule has 1 unspecified atom stereocenters. The van der Waals surface area contributed by atoms with Crippen LogP contribution in [0.5, 0.6) is 17.2 Å². The third-order valence-electron chi connectivity index (χ3n) is 6.27. The first-order chi connectivity index (χ1) is 18.2. The summed E-state index contributed by atoms with van der Waals surface area (Å²) >= 11 is 0. The van der Waals surface area contributed by atoms with Crippen LogP contribution in [-0.4, -0.2) is 36.6 Å². The number of aryl methyl sites for hydroxylation is 1. The molecule has 7 heteroatoms. The summed E-state index contributed by atoms with van der Waals surface area (Å²) in [6, 6.07) is 18.5. The highest BCUT2D eigenvalue weighted by atomic mass is 16.5. The van der Waals surface area contributed by atoms with E-state index in [-0.39, 0.29) is 17.4 Å². The number of amides is 1. The van der Waals surface area contributed by atoms with Gasteiger partial charge in [-0.1, -0.05) is 19.1 Å². The molecule has 1 N–H and O–H groups in total. The van der Waals surface area contributed by atoms with Gasteiger partial charge in [0.15, 0.2) is 0 Å². The summed E-state index contributed by atoms with van der Waals surface area (Å²) in [6.07, 6.45) is 0.870. The molecule has 1 saturated heterocycles. The van der Waals surface area contributed by atoms with Gasteiger partial charge in [0.1, 0.15) is 23.0 Å². The van der Waals surface area contributed by atoms with Crippen molar-refractivity contribution in [3.63, 3.8) is 0 Å². The maximum Gasteiger partial charge on any atom is 0.300 e. The number of ether oxygens (including phenoxy) is 3. The second-order valence-electron chi connectivity index (χ2n) is 9.43. The van der Waals surface area contributed by atoms with Crippen LogP contribution in [0.1, 0.15) is 49.9 Å². The predicted molar refractivity (Wildman–Crippen MR) is 147 cm³/mol. The Kier molecular flexibility index (Phi) is 8.05. The van der Waals surface area contributed by atoms with E-state index in [4.69, 9.17) is 14.2 Å². The highest BCUT2D eigenvalue weighted by molar-refractivity contribution is 6.51. The number of carbonyl (C=O) groups excluding carboxylic acids is 2. The van der Waals surface area contributed by atoms with Gasteiger partial charge in [-0.3, -0.25) is 14.5 Å². The van der Waals surface area contributed by atoms with Crippen LogP contribution in [0.15, 0.2) is 72.3 Å². The molecule has 0 aromatic heterocycles. The predicted octanol–water partition coefficient (Wildman–Crippen LogP) is 6.21. The van der Waals surface area contributed by atoms with E-state index in [1.165, 1.54) is 4.90 Å². The van der Waals surface area contributed by atoms with E-state index < -0.39 is 17.7 Å². The van der Waals surface area contributed by atoms with E-state index in [1.807, 2.05) is 39.8 Å². The third-order valence-corrected chi connectivity index (χ3v) is 6.27. The summed E-state index contributed by atoms with van der Waals surface area (Å²) < 4.78 is 16.8. The van der Waals surface area contributed by atoms with Crippen molar-refractivity contribution in [1.82, 2.24) is 0 Å². The molecule has 0 aliphatic carbocycles. The molecule has 0 radical (unpaired) electrons. The maximum absolute atomic E-state index is 13.4. The van der Waals surface area contributed by atoms with Crippen LogP contribution in [0.3, 0.4) is 0 Å². The van der Waals surface area contributed by atoms with Crippen molar-refractivity contribution in [2.45, 2.75) is 46.3 Å². The van der Waals surface area contributed by atoms with Crippen molar-refractivity contribution in [1.29, 1.82) is 0 Å². The number of rotatable bonds is 9. The molecule has 7 nitrogen and oxygen atoms in total. The summed E-state index contributed by atoms with van der Waals surface area (Å²) in [6.45, 7) is 8.36. The number of nitrogens with zero attached hydrogens (tertiary/aromatic N) is 1. The van der Waals surface area contributed by atoms with Crippen LogP contribution < -0.4 is 19.1 Å². The zero-order valence-corrected chi connectivity index (χ0v) is 22.4. The Hall–Kier alpha value is -4.26. The molecule has 1 amide bonds. The summed E-state index contributed by atoms with van der Waals surface area (Å²) in [5.41, 5.74) is 2.45. The lowest BCUT2D eigenvalue weighted by Gasteiger charge is -2.26. The van der Waals surface area contributed by atoms with Crippen LogP contribution in [-0.2, 0) is 9.59 Å². The molecule has 0 spiro atoms. The van der Waals surface area contributed by atoms with Gasteiger partial charge in [-0.2, -0.15) is 0 Å². The van der Waals surface area contributed by atoms with E-state index >= 15 is 0 Å². The first kappa shape index (κ1) is 26.8. The van der Waals surface area contributed by atoms with Gasteiger partial charge in [0.25, 0.3) is 11.7 Å². The number of aliphatic hydroxyl groups is 1. The average Bonchev–Trinajstić information content (AvgIpc) is 3.17. The smallest absolute Gasteiger partial charge is 0.300 e. The number of benzene rings is 3. The van der Waals surface area contributed by atoms with Gasteiger partial charge < -0.3 is 19.3 Å². The van der Waals surface area contributed by atoms with Crippen molar-refractivity contribution < 1.29 is 28.9 Å². The SMILES string of the molecule is CCCOc1ccc(/C(O)=C2/C(=O)C(=O)N(c3ccc(OC)cc3)C2c2ccc(OC(C)C)cc2)cc1C. The van der Waals surface area contributed by atoms with E-state index in [9.17, 15) is 14.7 Å². The molecule has 3 aromatic rings. The van der Waals surface area contributed by atoms with Gasteiger partial charge >= 0.3 is 0 Å². The highest BCUT2D eigenvalue weighted by Crippen LogP contribution is 2.43. The zero-order chi connectivity index (χ0) is 27.4. The quantitative estimate of drug-likeness (QED) is 0.207. The van der Waals surface area contributed by atoms with Crippen LogP contribution in [0.2, 0.25) is 0 Å². The molecule has 1 heterocycles. The topological polar surface area (TPSA) is 85.3 Å². The minimum Gasteiger partial charge on any atom is -0.507 e. The average molecular weight is 516 g/mol. The summed E-state index contributed by atoms with van der Waals surface area (Å²) in [5.74, 6) is 0.288. The normalized spacial score (nSPS) is 16.7. The molecule has 198 valence electrons. The molecule has 1 aliphatic heterocycles. The van der Waals surface area contributed by atoms with Gasteiger partial charge in [-0.25, -0.2) is 0 Å². The zero-order valence-electron chi connectivity index (χ0n) is 22.4. The van der Waals surface area contributed by atoms with E-state index in [0.717, 1.165) is 12.0 Å². The molecule has 1 aliphatic rings. The Labute approximate surface area is 223 Å². The second kappa shape index (κ2) is 11.4. The number of ketones is 1. The minimum atomic E-state index is -0.840. The van der Waals surface area contributed by atoms with E-state index in [1.54, 1.807) is 61.7 Å². The summed E-state index contributed by atoms with van der Waals surface area (Å²) in [7, 11) is 1.56. The Bertz CT molecular complexity index is 1340. The Morgan fingerprint density at radius 3 is 2.21 bits per heavy atom. The molecule has 0 saturated carbocycles. The molecule has 4 rings (SSSR count). The monoisotopic (exact) mass is 515 g/mol. The number of aliphatic hydroxyl groups excluding tert-OH is 1. The number of carbonyl (C=O) groups is 2. The van der Waals surface area contributed by atoms with Crippen molar-refractivity contribution in [2.75, 3.05) is 18.6 Å². The third kappa shape index (κ3) is 5.37. The van der Waals surface area contributed by atoms with Gasteiger partial charge in [-0.05, 0) is 92.9 Å². The molecule has 0 bridgehead atoms. The van der Waals surface area contributed by atoms with Gasteiger partial charge in [0.05, 0.1) is 31.4 Å². The summed E-state index contributed by atoms with van der Waals surface area (Å²) in [5, 5.41) is 11.4. The summed E-state index contributed by atoms with van der Waals surface area (Å²) in [4.78, 5) is 28.2. The molecule has 1 atom stereocenters. The van der Waals surface area contributed by atoms with Crippen LogP contribution in [0.25, 0.3) is 5.76 Å². The first-order valence-electron chi connectivity index (χ1n) is 12.7. The van der Waals surface area contributed by atoms with Gasteiger partial charge in [0, 0.05) is 11.3 Å². The number of hydrogen-bond acceptors (Lipinski definition) is 6. The van der Waals surface area contributed by atoms with Crippen molar-refractivity contribution >= 4 is 23.1 Å². The van der Waals surface area contributed by atoms with Crippen molar-refractivity contribution in [2.24, 2.45) is 0 Å². The fourth-order valence-electron chi connectivity index (χ4n) is 4.48. The van der Waals surface area contributed by atoms with Gasteiger partial charge in [-0.15, -0.1) is 0 Å². The van der Waals surface area contributed by atoms with Gasteiger partial charge in [0.2, 0.25) is 0 Å². The molecule has 3 aromatic carbocycles. The molecule has 38 heavy (non-hydrogen) atoms. The van der Waals surface area contributed by atoms with E-state index in [0.29, 0.717) is 40.7 Å². The van der Waals surface area contributed by atoms with E-state index in [2.05, 4.69) is 0 Å². The highest BCUT2D eigenvalue weighted by Gasteiger charge is 2.47. The number of Topliss-reactive ketones (excluding diaryl/α,β-unsaturated/α-hetero) is 1. The Balaban J connectivity index is 1.84. The molecular weight excluding hydrogens is 482 g/mol. The lowest BCUT2D eigenvalue weighted by atomic mass is 9.94. The fraction of sp³-hybridized carbons (Fsp3) is 0.290. The lowest BCUT2D eigenvalue weighted by molar-refractivity contribution is -0.132. The van der Waals surface area contributed by atoms with Crippen molar-refractivity contribution in [3.8, 4) is 17.2 Å². The Morgan fingerprint density at radius 1 is 0.974 bits per heavy atom. The number of hydrogen-bond donors (Lipinski definition) is 1. The molecular formula is C31H33NO6. The lowest BCUT2D eigenvalue weighted by Crippen LogP contribution is -2.29. The van der Waals surface area contributed by atoms with Crippen LogP contribution in [0.4, 0.5) is 5.69 Å². The second-order valence-corrected chi connectivity index (χ2v) is 9.43. The maximum atomic E-state index is 13.4. The number of methoxy groups -OCH3 is 1. The fourth-order valence-corrected chi connectivity index (χ4v) is 4.48. The van der Waals surface area contributed by atoms with Crippen molar-refractivity contribution in [3.05, 3.63) is 89.0 Å². The first-order valence-corrected chi connectivity index (χ1v) is 12.7. The molecule has 1 fully saturated rings. The van der Waals surface area contributed by atoms with Crippen LogP contribution >= 0.6 is 0 Å². The minimum absolute atomic E-state index is 0.00157. The number of anilines is 1. The van der Waals surface area contributed by atoms with Crippen LogP contribution in [0, 0.1) is 6.92 Å². The standard InChI is InChI=1S/C31H33NO6/c1-6-17-37-26-16-9-22(18-20(26)4)29(33)27-28(21-7-12-25(13-8-21)38-19(2)3)32(31(35)30(27)34)23-10-14-24(36-5)15-11-23/h7-16,18-19,28,33H,6,17H2,1-5H3/b29-27-. The largest absolute Gasteiger partial charge is 0.507 e.